The van der Waals surface area contributed by atoms with E-state index in [1.165, 1.54) is 0 Å². The van der Waals surface area contributed by atoms with Gasteiger partial charge in [0.2, 0.25) is 0 Å². The third-order valence-electron chi connectivity index (χ3n) is 3.33. The molecule has 0 saturated carbocycles. The van der Waals surface area contributed by atoms with Crippen molar-refractivity contribution in [1.29, 1.82) is 0 Å². The minimum Gasteiger partial charge on any atom is -0.347 e. The molecular formula is C13H22BrN3O. The molecule has 0 aromatic carbocycles. The van der Waals surface area contributed by atoms with E-state index in [0.29, 0.717) is 5.56 Å². The zero-order valence-corrected chi connectivity index (χ0v) is 13.2. The van der Waals surface area contributed by atoms with Crippen LogP contribution in [0.25, 0.3) is 0 Å². The van der Waals surface area contributed by atoms with Gasteiger partial charge in [-0.1, -0.05) is 29.8 Å². The molecule has 102 valence electrons. The SMILES string of the molecule is CCc1nn(C)cc1C(=O)NC(C)(CC)CCBr. The molecule has 0 bridgehead atoms. The maximum absolute atomic E-state index is 12.3. The maximum Gasteiger partial charge on any atom is 0.255 e. The summed E-state index contributed by atoms with van der Waals surface area (Å²) < 4.78 is 1.70. The summed E-state index contributed by atoms with van der Waals surface area (Å²) in [7, 11) is 1.84. The van der Waals surface area contributed by atoms with Crippen molar-refractivity contribution in [3.8, 4) is 0 Å². The summed E-state index contributed by atoms with van der Waals surface area (Å²) in [5, 5.41) is 8.30. The molecule has 0 aliphatic heterocycles. The second-order valence-electron chi connectivity index (χ2n) is 4.82. The van der Waals surface area contributed by atoms with Crippen LogP contribution >= 0.6 is 15.9 Å². The average molecular weight is 316 g/mol. The minimum atomic E-state index is -0.165. The largest absolute Gasteiger partial charge is 0.347 e. The number of nitrogens with one attached hydrogen (secondary N) is 1. The molecule has 1 N–H and O–H groups in total. The Labute approximate surface area is 117 Å². The number of aryl methyl sites for hydroxylation is 2. The first kappa shape index (κ1) is 15.2. The third-order valence-corrected chi connectivity index (χ3v) is 3.72. The summed E-state index contributed by atoms with van der Waals surface area (Å²) in [6.45, 7) is 6.18. The Morgan fingerprint density at radius 3 is 2.72 bits per heavy atom. The van der Waals surface area contributed by atoms with Gasteiger partial charge in [-0.05, 0) is 26.2 Å². The first-order valence-electron chi connectivity index (χ1n) is 6.36. The molecule has 1 aromatic rings. The number of hydrogen-bond acceptors (Lipinski definition) is 2. The zero-order chi connectivity index (χ0) is 13.8. The Kier molecular flexibility index (Phi) is 5.38. The van der Waals surface area contributed by atoms with Crippen molar-refractivity contribution >= 4 is 21.8 Å². The molecular weight excluding hydrogens is 294 g/mol. The van der Waals surface area contributed by atoms with Gasteiger partial charge < -0.3 is 5.32 Å². The lowest BCUT2D eigenvalue weighted by atomic mass is 9.95. The van der Waals surface area contributed by atoms with Crippen molar-refractivity contribution in [2.24, 2.45) is 7.05 Å². The molecule has 0 spiro atoms. The van der Waals surface area contributed by atoms with Crippen LogP contribution in [0.5, 0.6) is 0 Å². The van der Waals surface area contributed by atoms with Gasteiger partial charge in [0.15, 0.2) is 0 Å². The number of amides is 1. The zero-order valence-electron chi connectivity index (χ0n) is 11.6. The molecule has 0 radical (unpaired) electrons. The third kappa shape index (κ3) is 3.57. The number of aromatic nitrogens is 2. The van der Waals surface area contributed by atoms with Gasteiger partial charge in [0.05, 0.1) is 11.3 Å². The highest BCUT2D eigenvalue weighted by Crippen LogP contribution is 2.17. The fourth-order valence-electron chi connectivity index (χ4n) is 1.86. The number of hydrogen-bond donors (Lipinski definition) is 1. The van der Waals surface area contributed by atoms with Gasteiger partial charge in [-0.2, -0.15) is 5.10 Å². The number of halogens is 1. The van der Waals surface area contributed by atoms with Crippen molar-refractivity contribution in [2.75, 3.05) is 5.33 Å². The lowest BCUT2D eigenvalue weighted by Crippen LogP contribution is -2.46. The first-order valence-corrected chi connectivity index (χ1v) is 7.49. The van der Waals surface area contributed by atoms with Crippen LogP contribution in [-0.2, 0) is 13.5 Å². The van der Waals surface area contributed by atoms with Crippen LogP contribution in [0.2, 0.25) is 0 Å². The van der Waals surface area contributed by atoms with Gasteiger partial charge in [0, 0.05) is 24.1 Å². The van der Waals surface area contributed by atoms with Crippen molar-refractivity contribution in [3.05, 3.63) is 17.5 Å². The van der Waals surface area contributed by atoms with Crippen LogP contribution in [0.4, 0.5) is 0 Å². The van der Waals surface area contributed by atoms with Crippen LogP contribution in [-0.4, -0.2) is 26.6 Å². The van der Waals surface area contributed by atoms with Gasteiger partial charge in [0.25, 0.3) is 5.91 Å². The van der Waals surface area contributed by atoms with Crippen LogP contribution < -0.4 is 5.32 Å². The van der Waals surface area contributed by atoms with E-state index in [1.54, 1.807) is 10.9 Å². The van der Waals surface area contributed by atoms with E-state index in [4.69, 9.17) is 0 Å². The summed E-state index contributed by atoms with van der Waals surface area (Å²) in [5.74, 6) is -0.0229. The summed E-state index contributed by atoms with van der Waals surface area (Å²) in [4.78, 5) is 12.3. The molecule has 0 aliphatic carbocycles. The second kappa shape index (κ2) is 6.36. The van der Waals surface area contributed by atoms with E-state index >= 15 is 0 Å². The molecule has 1 atom stereocenters. The molecule has 18 heavy (non-hydrogen) atoms. The highest BCUT2D eigenvalue weighted by atomic mass is 79.9. The van der Waals surface area contributed by atoms with Crippen LogP contribution in [0, 0.1) is 0 Å². The number of nitrogens with zero attached hydrogens (tertiary/aromatic N) is 2. The summed E-state index contributed by atoms with van der Waals surface area (Å²) >= 11 is 3.44. The van der Waals surface area contributed by atoms with Gasteiger partial charge in [-0.15, -0.1) is 0 Å². The normalized spacial score (nSPS) is 14.3. The van der Waals surface area contributed by atoms with Crippen LogP contribution in [0.3, 0.4) is 0 Å². The van der Waals surface area contributed by atoms with Crippen molar-refractivity contribution in [3.63, 3.8) is 0 Å². The van der Waals surface area contributed by atoms with E-state index in [0.717, 1.165) is 30.3 Å². The summed E-state index contributed by atoms with van der Waals surface area (Å²) in [6.07, 6.45) is 4.38. The summed E-state index contributed by atoms with van der Waals surface area (Å²) in [5.41, 5.74) is 1.38. The molecule has 1 unspecified atom stereocenters. The van der Waals surface area contributed by atoms with Crippen LogP contribution in [0.1, 0.15) is 49.7 Å². The minimum absolute atomic E-state index is 0.0229. The molecule has 0 saturated heterocycles. The van der Waals surface area contributed by atoms with E-state index in [2.05, 4.69) is 40.2 Å². The Morgan fingerprint density at radius 2 is 2.22 bits per heavy atom. The Morgan fingerprint density at radius 1 is 1.56 bits per heavy atom. The van der Waals surface area contributed by atoms with Gasteiger partial charge >= 0.3 is 0 Å². The molecule has 4 nitrogen and oxygen atoms in total. The Balaban J connectivity index is 2.87. The van der Waals surface area contributed by atoms with E-state index in [9.17, 15) is 4.79 Å². The second-order valence-corrected chi connectivity index (χ2v) is 5.62. The Bertz CT molecular complexity index is 416. The molecule has 5 heteroatoms. The van der Waals surface area contributed by atoms with E-state index in [-0.39, 0.29) is 11.4 Å². The molecule has 1 heterocycles. The highest BCUT2D eigenvalue weighted by Gasteiger charge is 2.25. The molecule has 0 fully saturated rings. The highest BCUT2D eigenvalue weighted by molar-refractivity contribution is 9.09. The number of alkyl halides is 1. The van der Waals surface area contributed by atoms with Gasteiger partial charge in [0.1, 0.15) is 0 Å². The van der Waals surface area contributed by atoms with Gasteiger partial charge in [-0.3, -0.25) is 9.48 Å². The predicted molar refractivity (Wildman–Crippen MR) is 77.2 cm³/mol. The van der Waals surface area contributed by atoms with Crippen molar-refractivity contribution in [2.45, 2.75) is 45.6 Å². The van der Waals surface area contributed by atoms with Crippen LogP contribution in [0.15, 0.2) is 6.20 Å². The average Bonchev–Trinajstić information content (AvgIpc) is 2.71. The fourth-order valence-corrected chi connectivity index (χ4v) is 2.74. The van der Waals surface area contributed by atoms with Crippen molar-refractivity contribution < 1.29 is 4.79 Å². The maximum atomic E-state index is 12.3. The van der Waals surface area contributed by atoms with E-state index < -0.39 is 0 Å². The summed E-state index contributed by atoms with van der Waals surface area (Å²) in [6, 6.07) is 0. The molecule has 1 rings (SSSR count). The smallest absolute Gasteiger partial charge is 0.255 e. The number of rotatable bonds is 6. The lowest BCUT2D eigenvalue weighted by molar-refractivity contribution is 0.0901. The molecule has 1 amide bonds. The number of carbonyl (C=O) groups is 1. The number of carbonyl (C=O) groups excluding carboxylic acids is 1. The predicted octanol–water partition coefficient (Wildman–Crippen LogP) is 2.67. The quantitative estimate of drug-likeness (QED) is 0.820. The van der Waals surface area contributed by atoms with Crippen molar-refractivity contribution in [1.82, 2.24) is 15.1 Å². The van der Waals surface area contributed by atoms with Gasteiger partial charge in [-0.25, -0.2) is 0 Å². The first-order chi connectivity index (χ1) is 8.45. The Hall–Kier alpha value is -0.840. The van der Waals surface area contributed by atoms with E-state index in [1.807, 2.05) is 14.0 Å². The standard InChI is InChI=1S/C13H22BrN3O/c1-5-11-10(9-17(4)16-11)12(18)15-13(3,6-2)7-8-14/h9H,5-8H2,1-4H3,(H,15,18). The fraction of sp³-hybridized carbons (Fsp3) is 0.692. The monoisotopic (exact) mass is 315 g/mol. The molecule has 0 aliphatic rings. The lowest BCUT2D eigenvalue weighted by Gasteiger charge is -2.29. The molecule has 1 aromatic heterocycles. The topological polar surface area (TPSA) is 46.9 Å².